The summed E-state index contributed by atoms with van der Waals surface area (Å²) in [6.45, 7) is 0.501. The van der Waals surface area contributed by atoms with Crippen LogP contribution in [0.15, 0.2) is 30.3 Å². The molecule has 0 spiro atoms. The highest BCUT2D eigenvalue weighted by atomic mass is 16.5. The van der Waals surface area contributed by atoms with Gasteiger partial charge in [0.2, 0.25) is 6.10 Å². The second-order valence-corrected chi connectivity index (χ2v) is 4.32. The molecule has 1 fully saturated rings. The first-order valence-corrected chi connectivity index (χ1v) is 6.19. The van der Waals surface area contributed by atoms with E-state index in [0.29, 0.717) is 25.1 Å². The lowest BCUT2D eigenvalue weighted by molar-refractivity contribution is -0.165. The van der Waals surface area contributed by atoms with Crippen LogP contribution in [0.2, 0.25) is 0 Å². The van der Waals surface area contributed by atoms with E-state index in [2.05, 4.69) is 5.92 Å². The van der Waals surface area contributed by atoms with E-state index in [0.717, 1.165) is 6.29 Å². The highest BCUT2D eigenvalue weighted by Gasteiger charge is 2.48. The minimum atomic E-state index is -0.703. The van der Waals surface area contributed by atoms with Crippen LogP contribution in [0.4, 0.5) is 0 Å². The molecule has 1 aromatic carbocycles. The Labute approximate surface area is 112 Å². The fourth-order valence-corrected chi connectivity index (χ4v) is 2.06. The van der Waals surface area contributed by atoms with E-state index in [1.807, 2.05) is 18.2 Å². The SMILES string of the molecule is C#CCCCN1C(=O)[C@H](Oc2ccccc2)[C@@H]1C=O. The lowest BCUT2D eigenvalue weighted by atomic mass is 9.98. The van der Waals surface area contributed by atoms with Crippen molar-refractivity contribution in [2.75, 3.05) is 6.54 Å². The molecule has 0 aliphatic carbocycles. The van der Waals surface area contributed by atoms with E-state index >= 15 is 0 Å². The van der Waals surface area contributed by atoms with Crippen molar-refractivity contribution in [3.8, 4) is 18.1 Å². The number of likely N-dealkylation sites (tertiary alicyclic amines) is 1. The van der Waals surface area contributed by atoms with E-state index in [1.165, 1.54) is 4.90 Å². The molecule has 0 N–H and O–H groups in total. The van der Waals surface area contributed by atoms with Crippen LogP contribution in [-0.4, -0.2) is 35.8 Å². The number of unbranched alkanes of at least 4 members (excludes halogenated alkanes) is 1. The first-order chi connectivity index (χ1) is 9.27. The number of benzene rings is 1. The van der Waals surface area contributed by atoms with Crippen LogP contribution in [0.1, 0.15) is 12.8 Å². The van der Waals surface area contributed by atoms with Crippen molar-refractivity contribution in [1.29, 1.82) is 0 Å². The van der Waals surface area contributed by atoms with Crippen molar-refractivity contribution in [3.63, 3.8) is 0 Å². The summed E-state index contributed by atoms with van der Waals surface area (Å²) in [7, 11) is 0. The summed E-state index contributed by atoms with van der Waals surface area (Å²) in [5.74, 6) is 2.95. The maximum absolute atomic E-state index is 11.9. The molecule has 1 aromatic rings. The monoisotopic (exact) mass is 257 g/mol. The molecule has 98 valence electrons. The zero-order valence-electron chi connectivity index (χ0n) is 10.5. The fourth-order valence-electron chi connectivity index (χ4n) is 2.06. The third kappa shape index (κ3) is 2.76. The van der Waals surface area contributed by atoms with Gasteiger partial charge < -0.3 is 14.4 Å². The number of terminal acetylenes is 1. The van der Waals surface area contributed by atoms with Crippen molar-refractivity contribution in [2.45, 2.75) is 25.0 Å². The predicted octanol–water partition coefficient (Wildman–Crippen LogP) is 1.26. The minimum absolute atomic E-state index is 0.155. The van der Waals surface area contributed by atoms with Gasteiger partial charge in [0.05, 0.1) is 0 Å². The van der Waals surface area contributed by atoms with Crippen molar-refractivity contribution >= 4 is 12.2 Å². The van der Waals surface area contributed by atoms with Gasteiger partial charge in [0, 0.05) is 13.0 Å². The number of hydrogen-bond acceptors (Lipinski definition) is 3. The van der Waals surface area contributed by atoms with Gasteiger partial charge in [-0.1, -0.05) is 18.2 Å². The van der Waals surface area contributed by atoms with Gasteiger partial charge in [0.25, 0.3) is 5.91 Å². The Kier molecular flexibility index (Phi) is 4.19. The fraction of sp³-hybridized carbons (Fsp3) is 0.333. The molecule has 2 rings (SSSR count). The van der Waals surface area contributed by atoms with E-state index in [-0.39, 0.29) is 5.91 Å². The standard InChI is InChI=1S/C15H15NO3/c1-2-3-7-10-16-13(11-17)14(15(16)18)19-12-8-5-4-6-9-12/h1,4-6,8-9,11,13-14H,3,7,10H2/t13-,14+/m0/s1. The third-order valence-electron chi connectivity index (χ3n) is 3.06. The van der Waals surface area contributed by atoms with Gasteiger partial charge in [-0.25, -0.2) is 0 Å². The molecule has 1 aliphatic heterocycles. The molecular formula is C15H15NO3. The zero-order chi connectivity index (χ0) is 13.7. The largest absolute Gasteiger partial charge is 0.478 e. The maximum Gasteiger partial charge on any atom is 0.267 e. The molecular weight excluding hydrogens is 242 g/mol. The molecule has 0 bridgehead atoms. The summed E-state index contributed by atoms with van der Waals surface area (Å²) >= 11 is 0. The van der Waals surface area contributed by atoms with Crippen molar-refractivity contribution in [1.82, 2.24) is 4.90 Å². The molecule has 4 heteroatoms. The number of carbonyl (C=O) groups is 2. The molecule has 4 nitrogen and oxygen atoms in total. The number of β-lactam (4-membered cyclic amide) rings is 1. The average molecular weight is 257 g/mol. The number of hydrogen-bond donors (Lipinski definition) is 0. The molecule has 0 unspecified atom stereocenters. The number of carbonyl (C=O) groups excluding carboxylic acids is 2. The highest BCUT2D eigenvalue weighted by Crippen LogP contribution is 2.24. The molecule has 2 atom stereocenters. The number of nitrogens with zero attached hydrogens (tertiary/aromatic N) is 1. The average Bonchev–Trinajstić information content (AvgIpc) is 2.45. The lowest BCUT2D eigenvalue weighted by Crippen LogP contribution is -2.67. The molecule has 1 aliphatic rings. The summed E-state index contributed by atoms with van der Waals surface area (Å²) in [5.41, 5.74) is 0. The number of para-hydroxylation sites is 1. The third-order valence-corrected chi connectivity index (χ3v) is 3.06. The van der Waals surface area contributed by atoms with Crippen molar-refractivity contribution in [2.24, 2.45) is 0 Å². The maximum atomic E-state index is 11.9. The van der Waals surface area contributed by atoms with Gasteiger partial charge in [-0.3, -0.25) is 4.79 Å². The van der Waals surface area contributed by atoms with Crippen LogP contribution in [0.5, 0.6) is 5.75 Å². The second-order valence-electron chi connectivity index (χ2n) is 4.32. The molecule has 0 saturated carbocycles. The van der Waals surface area contributed by atoms with E-state index in [1.54, 1.807) is 12.1 Å². The summed E-state index contributed by atoms with van der Waals surface area (Å²) in [6, 6.07) is 8.51. The van der Waals surface area contributed by atoms with E-state index in [9.17, 15) is 9.59 Å². The summed E-state index contributed by atoms with van der Waals surface area (Å²) < 4.78 is 5.54. The number of ether oxygens (including phenoxy) is 1. The van der Waals surface area contributed by atoms with Crippen LogP contribution < -0.4 is 4.74 Å². The Bertz CT molecular complexity index is 492. The van der Waals surface area contributed by atoms with Crippen LogP contribution in [0.3, 0.4) is 0 Å². The van der Waals surface area contributed by atoms with Gasteiger partial charge in [-0.15, -0.1) is 12.3 Å². The topological polar surface area (TPSA) is 46.6 Å². The smallest absolute Gasteiger partial charge is 0.267 e. The van der Waals surface area contributed by atoms with Crippen molar-refractivity contribution < 1.29 is 14.3 Å². The molecule has 0 radical (unpaired) electrons. The molecule has 1 saturated heterocycles. The molecule has 1 heterocycles. The van der Waals surface area contributed by atoms with Gasteiger partial charge in [0.15, 0.2) is 0 Å². The van der Waals surface area contributed by atoms with Gasteiger partial charge in [-0.05, 0) is 18.6 Å². The summed E-state index contributed by atoms with van der Waals surface area (Å²) in [4.78, 5) is 24.5. The minimum Gasteiger partial charge on any atom is -0.478 e. The van der Waals surface area contributed by atoms with E-state index in [4.69, 9.17) is 11.2 Å². The van der Waals surface area contributed by atoms with Gasteiger partial charge in [-0.2, -0.15) is 0 Å². The summed E-state index contributed by atoms with van der Waals surface area (Å²) in [5, 5.41) is 0. The predicted molar refractivity (Wildman–Crippen MR) is 70.5 cm³/mol. The Morgan fingerprint density at radius 3 is 2.74 bits per heavy atom. The second kappa shape index (κ2) is 6.05. The normalized spacial score (nSPS) is 21.4. The quantitative estimate of drug-likeness (QED) is 0.333. The van der Waals surface area contributed by atoms with Crippen LogP contribution in [-0.2, 0) is 9.59 Å². The van der Waals surface area contributed by atoms with Crippen molar-refractivity contribution in [3.05, 3.63) is 30.3 Å². The zero-order valence-corrected chi connectivity index (χ0v) is 10.5. The van der Waals surface area contributed by atoms with Crippen LogP contribution in [0, 0.1) is 12.3 Å². The van der Waals surface area contributed by atoms with Crippen LogP contribution >= 0.6 is 0 Å². The number of rotatable bonds is 6. The molecule has 19 heavy (non-hydrogen) atoms. The lowest BCUT2D eigenvalue weighted by Gasteiger charge is -2.43. The number of aldehydes is 1. The molecule has 0 aromatic heterocycles. The Morgan fingerprint density at radius 2 is 2.11 bits per heavy atom. The van der Waals surface area contributed by atoms with Crippen LogP contribution in [0.25, 0.3) is 0 Å². The van der Waals surface area contributed by atoms with E-state index < -0.39 is 12.1 Å². The van der Waals surface area contributed by atoms with Gasteiger partial charge >= 0.3 is 0 Å². The summed E-state index contributed by atoms with van der Waals surface area (Å²) in [6.07, 6.45) is 6.51. The highest BCUT2D eigenvalue weighted by molar-refractivity contribution is 5.95. The Hall–Kier alpha value is -2.28. The first-order valence-electron chi connectivity index (χ1n) is 6.19. The van der Waals surface area contributed by atoms with Gasteiger partial charge in [0.1, 0.15) is 18.1 Å². The molecule has 1 amide bonds. The Morgan fingerprint density at radius 1 is 1.37 bits per heavy atom. The first kappa shape index (κ1) is 13.2. The number of amides is 1. The Balaban J connectivity index is 1.95.